The smallest absolute Gasteiger partial charge is 0.257 e. The summed E-state index contributed by atoms with van der Waals surface area (Å²) in [6.07, 6.45) is 3.15. The minimum Gasteiger partial charge on any atom is -0.500 e. The van der Waals surface area contributed by atoms with Crippen LogP contribution in [-0.2, 0) is 11.2 Å². The van der Waals surface area contributed by atoms with E-state index >= 15 is 0 Å². The third kappa shape index (κ3) is 1.70. The van der Waals surface area contributed by atoms with Crippen molar-refractivity contribution in [1.82, 2.24) is 10.1 Å². The molecule has 0 bridgehead atoms. The van der Waals surface area contributed by atoms with Crippen molar-refractivity contribution < 1.29 is 9.26 Å². The van der Waals surface area contributed by atoms with Crippen LogP contribution in [0.5, 0.6) is 0 Å². The number of hydrogen-bond donors (Lipinski definition) is 1. The summed E-state index contributed by atoms with van der Waals surface area (Å²) in [5.41, 5.74) is 6.33. The van der Waals surface area contributed by atoms with Gasteiger partial charge in [0.15, 0.2) is 5.82 Å². The average molecular weight is 181 g/mol. The molecule has 1 aromatic heterocycles. The molecule has 0 atom stereocenters. The molecule has 0 saturated heterocycles. The summed E-state index contributed by atoms with van der Waals surface area (Å²) in [5.74, 6) is 1.21. The lowest BCUT2D eigenvalue weighted by atomic mass is 10.2. The molecule has 0 aromatic carbocycles. The molecule has 0 fully saturated rings. The van der Waals surface area contributed by atoms with Crippen molar-refractivity contribution in [1.29, 1.82) is 0 Å². The minimum absolute atomic E-state index is 0.536. The maximum Gasteiger partial charge on any atom is 0.257 e. The average Bonchev–Trinajstić information content (AvgIpc) is 2.70. The summed E-state index contributed by atoms with van der Waals surface area (Å²) in [5, 5.41) is 3.79. The number of hydrogen-bond acceptors (Lipinski definition) is 5. The highest BCUT2D eigenvalue weighted by Gasteiger charge is 2.14. The Bertz CT molecular complexity index is 319. The van der Waals surface area contributed by atoms with Crippen LogP contribution >= 0.6 is 0 Å². The molecule has 2 N–H and O–H groups in total. The van der Waals surface area contributed by atoms with E-state index in [4.69, 9.17) is 15.0 Å². The molecule has 0 spiro atoms. The van der Waals surface area contributed by atoms with Crippen molar-refractivity contribution in [3.63, 3.8) is 0 Å². The van der Waals surface area contributed by atoms with Gasteiger partial charge in [-0.25, -0.2) is 0 Å². The van der Waals surface area contributed by atoms with Crippen LogP contribution in [0.3, 0.4) is 0 Å². The van der Waals surface area contributed by atoms with Gasteiger partial charge in [0.2, 0.25) is 0 Å². The zero-order chi connectivity index (χ0) is 9.10. The van der Waals surface area contributed by atoms with Gasteiger partial charge >= 0.3 is 0 Å². The SMILES string of the molecule is NCCc1noc(C2=COCC2)n1. The molecule has 0 unspecified atom stereocenters. The molecule has 0 radical (unpaired) electrons. The lowest BCUT2D eigenvalue weighted by Crippen LogP contribution is -2.03. The number of nitrogens with zero attached hydrogens (tertiary/aromatic N) is 2. The summed E-state index contributed by atoms with van der Waals surface area (Å²) in [4.78, 5) is 4.18. The van der Waals surface area contributed by atoms with Gasteiger partial charge in [0.25, 0.3) is 5.89 Å². The third-order valence-corrected chi connectivity index (χ3v) is 1.83. The highest BCUT2D eigenvalue weighted by molar-refractivity contribution is 5.58. The van der Waals surface area contributed by atoms with Crippen molar-refractivity contribution in [3.05, 3.63) is 18.0 Å². The van der Waals surface area contributed by atoms with Crippen LogP contribution in [0.1, 0.15) is 18.1 Å². The normalized spacial score (nSPS) is 15.6. The Morgan fingerprint density at radius 2 is 2.46 bits per heavy atom. The van der Waals surface area contributed by atoms with Gasteiger partial charge in [0, 0.05) is 12.8 Å². The van der Waals surface area contributed by atoms with E-state index in [1.54, 1.807) is 6.26 Å². The first-order valence-corrected chi connectivity index (χ1v) is 4.24. The molecule has 1 aliphatic heterocycles. The number of rotatable bonds is 3. The van der Waals surface area contributed by atoms with Gasteiger partial charge in [-0.15, -0.1) is 0 Å². The van der Waals surface area contributed by atoms with Crippen molar-refractivity contribution in [3.8, 4) is 0 Å². The standard InChI is InChI=1S/C8H11N3O2/c9-3-1-7-10-8(13-11-7)6-2-4-12-5-6/h5H,1-4,9H2. The predicted octanol–water partition coefficient (Wildman–Crippen LogP) is 0.332. The Balaban J connectivity index is 2.12. The lowest BCUT2D eigenvalue weighted by Gasteiger charge is -1.87. The molecule has 13 heavy (non-hydrogen) atoms. The summed E-state index contributed by atoms with van der Waals surface area (Å²) in [6.45, 7) is 1.23. The number of nitrogens with two attached hydrogens (primary N) is 1. The van der Waals surface area contributed by atoms with E-state index in [0.717, 1.165) is 12.0 Å². The topological polar surface area (TPSA) is 74.2 Å². The van der Waals surface area contributed by atoms with Gasteiger partial charge in [-0.05, 0) is 6.54 Å². The summed E-state index contributed by atoms with van der Waals surface area (Å²) < 4.78 is 10.1. The molecule has 70 valence electrons. The van der Waals surface area contributed by atoms with E-state index in [1.165, 1.54) is 0 Å². The second kappa shape index (κ2) is 3.57. The maximum absolute atomic E-state index is 5.36. The Hall–Kier alpha value is -1.36. The van der Waals surface area contributed by atoms with Gasteiger partial charge in [0.1, 0.15) is 0 Å². The predicted molar refractivity (Wildman–Crippen MR) is 45.6 cm³/mol. The molecule has 0 saturated carbocycles. The fourth-order valence-electron chi connectivity index (χ4n) is 1.16. The molecule has 5 nitrogen and oxygen atoms in total. The molecule has 0 aliphatic carbocycles. The van der Waals surface area contributed by atoms with Crippen LogP contribution < -0.4 is 5.73 Å². The van der Waals surface area contributed by atoms with Crippen molar-refractivity contribution >= 4 is 5.57 Å². The minimum atomic E-state index is 0.536. The van der Waals surface area contributed by atoms with Crippen LogP contribution in [0, 0.1) is 0 Å². The van der Waals surface area contributed by atoms with Crippen LogP contribution in [0.2, 0.25) is 0 Å². The van der Waals surface area contributed by atoms with Gasteiger partial charge in [-0.2, -0.15) is 4.98 Å². The zero-order valence-corrected chi connectivity index (χ0v) is 7.19. The number of aromatic nitrogens is 2. The molecule has 5 heteroatoms. The fraction of sp³-hybridized carbons (Fsp3) is 0.500. The zero-order valence-electron chi connectivity index (χ0n) is 7.19. The summed E-state index contributed by atoms with van der Waals surface area (Å²) in [6, 6.07) is 0. The van der Waals surface area contributed by atoms with E-state index in [9.17, 15) is 0 Å². The van der Waals surface area contributed by atoms with E-state index in [0.29, 0.717) is 31.3 Å². The van der Waals surface area contributed by atoms with Gasteiger partial charge in [-0.1, -0.05) is 5.16 Å². The van der Waals surface area contributed by atoms with Crippen LogP contribution in [0.15, 0.2) is 10.8 Å². The lowest BCUT2D eigenvalue weighted by molar-refractivity contribution is 0.281. The van der Waals surface area contributed by atoms with E-state index in [2.05, 4.69) is 10.1 Å². The summed E-state index contributed by atoms with van der Waals surface area (Å²) >= 11 is 0. The van der Waals surface area contributed by atoms with Crippen molar-refractivity contribution in [2.45, 2.75) is 12.8 Å². The van der Waals surface area contributed by atoms with E-state index in [1.807, 2.05) is 0 Å². The van der Waals surface area contributed by atoms with Crippen molar-refractivity contribution in [2.24, 2.45) is 5.73 Å². The largest absolute Gasteiger partial charge is 0.500 e. The fourth-order valence-corrected chi connectivity index (χ4v) is 1.16. The quantitative estimate of drug-likeness (QED) is 0.727. The van der Waals surface area contributed by atoms with Crippen molar-refractivity contribution in [2.75, 3.05) is 13.2 Å². The molecule has 0 amide bonds. The first-order valence-electron chi connectivity index (χ1n) is 4.24. The second-order valence-electron chi connectivity index (χ2n) is 2.82. The molecule has 2 rings (SSSR count). The van der Waals surface area contributed by atoms with Crippen LogP contribution in [-0.4, -0.2) is 23.3 Å². The molecule has 1 aromatic rings. The maximum atomic E-state index is 5.36. The van der Waals surface area contributed by atoms with Gasteiger partial charge in [-0.3, -0.25) is 0 Å². The Morgan fingerprint density at radius 3 is 3.15 bits per heavy atom. The van der Waals surface area contributed by atoms with Crippen LogP contribution in [0.4, 0.5) is 0 Å². The van der Waals surface area contributed by atoms with E-state index in [-0.39, 0.29) is 0 Å². The highest BCUT2D eigenvalue weighted by atomic mass is 16.5. The highest BCUT2D eigenvalue weighted by Crippen LogP contribution is 2.20. The first-order chi connectivity index (χ1) is 6.40. The van der Waals surface area contributed by atoms with E-state index < -0.39 is 0 Å². The Kier molecular flexibility index (Phi) is 2.27. The Morgan fingerprint density at radius 1 is 1.54 bits per heavy atom. The second-order valence-corrected chi connectivity index (χ2v) is 2.82. The Labute approximate surface area is 75.6 Å². The molecular weight excluding hydrogens is 170 g/mol. The van der Waals surface area contributed by atoms with Gasteiger partial charge < -0.3 is 15.0 Å². The van der Waals surface area contributed by atoms with Gasteiger partial charge in [0.05, 0.1) is 18.4 Å². The van der Waals surface area contributed by atoms with Crippen LogP contribution in [0.25, 0.3) is 5.57 Å². The first kappa shape index (κ1) is 8.25. The monoisotopic (exact) mass is 181 g/mol. The molecule has 1 aliphatic rings. The summed E-state index contributed by atoms with van der Waals surface area (Å²) in [7, 11) is 0. The number of ether oxygens (including phenoxy) is 1. The molecule has 2 heterocycles. The molecular formula is C8H11N3O2. The third-order valence-electron chi connectivity index (χ3n) is 1.83.